The molecule has 0 saturated carbocycles. The van der Waals surface area contributed by atoms with Crippen molar-refractivity contribution in [3.05, 3.63) is 35.5 Å². The lowest BCUT2D eigenvalue weighted by Gasteiger charge is -2.07. The minimum absolute atomic E-state index is 0.0355. The summed E-state index contributed by atoms with van der Waals surface area (Å²) < 4.78 is 0. The number of fused-ring (bicyclic) bond motifs is 1. The zero-order valence-corrected chi connectivity index (χ0v) is 10.2. The first-order valence-electron chi connectivity index (χ1n) is 5.94. The molecule has 1 unspecified atom stereocenters. The van der Waals surface area contributed by atoms with Gasteiger partial charge in [0, 0.05) is 17.1 Å². The molecule has 3 nitrogen and oxygen atoms in total. The van der Waals surface area contributed by atoms with Crippen LogP contribution in [0.2, 0.25) is 0 Å². The van der Waals surface area contributed by atoms with Gasteiger partial charge in [-0.05, 0) is 23.5 Å². The second-order valence-corrected chi connectivity index (χ2v) is 4.44. The maximum Gasteiger partial charge on any atom is 0.303 e. The van der Waals surface area contributed by atoms with Crippen LogP contribution in [0.15, 0.2) is 24.4 Å². The highest BCUT2D eigenvalue weighted by atomic mass is 16.4. The summed E-state index contributed by atoms with van der Waals surface area (Å²) in [7, 11) is 0. The fourth-order valence-electron chi connectivity index (χ4n) is 2.31. The molecule has 0 radical (unpaired) electrons. The van der Waals surface area contributed by atoms with Crippen molar-refractivity contribution in [2.24, 2.45) is 0 Å². The third-order valence-corrected chi connectivity index (χ3v) is 3.23. The van der Waals surface area contributed by atoms with Gasteiger partial charge in [-0.15, -0.1) is 0 Å². The minimum Gasteiger partial charge on any atom is -0.481 e. The van der Waals surface area contributed by atoms with Crippen LogP contribution in [0.4, 0.5) is 0 Å². The zero-order valence-electron chi connectivity index (χ0n) is 10.2. The van der Waals surface area contributed by atoms with Crippen LogP contribution < -0.4 is 0 Å². The van der Waals surface area contributed by atoms with E-state index in [1.54, 1.807) is 0 Å². The molecule has 2 N–H and O–H groups in total. The second kappa shape index (κ2) is 4.62. The number of carbonyl (C=O) groups is 1. The van der Waals surface area contributed by atoms with E-state index in [0.717, 1.165) is 22.9 Å². The van der Waals surface area contributed by atoms with Crippen molar-refractivity contribution in [3.8, 4) is 0 Å². The van der Waals surface area contributed by atoms with Crippen molar-refractivity contribution in [1.82, 2.24) is 4.98 Å². The molecule has 0 fully saturated rings. The van der Waals surface area contributed by atoms with Gasteiger partial charge >= 0.3 is 5.97 Å². The van der Waals surface area contributed by atoms with E-state index >= 15 is 0 Å². The number of aryl methyl sites for hydroxylation is 1. The maximum atomic E-state index is 10.8. The molecule has 0 amide bonds. The predicted molar refractivity (Wildman–Crippen MR) is 68.3 cm³/mol. The Hall–Kier alpha value is -1.77. The summed E-state index contributed by atoms with van der Waals surface area (Å²) in [6.07, 6.45) is 3.09. The summed E-state index contributed by atoms with van der Waals surface area (Å²) in [5, 5.41) is 10.00. The first-order chi connectivity index (χ1) is 8.13. The standard InChI is InChI=1S/C14H17NO2/c1-3-10-5-4-6-11-12(8-15-14(10)11)9(2)7-13(16)17/h4-6,8-9,15H,3,7H2,1-2H3,(H,16,17). The van der Waals surface area contributed by atoms with Crippen LogP contribution >= 0.6 is 0 Å². The Bertz CT molecular complexity index is 542. The molecule has 1 aromatic carbocycles. The Morgan fingerprint density at radius 3 is 2.88 bits per heavy atom. The number of carboxylic acids is 1. The van der Waals surface area contributed by atoms with Gasteiger partial charge in [0.25, 0.3) is 0 Å². The van der Waals surface area contributed by atoms with E-state index in [9.17, 15) is 4.79 Å². The van der Waals surface area contributed by atoms with Crippen molar-refractivity contribution < 1.29 is 9.90 Å². The van der Waals surface area contributed by atoms with Gasteiger partial charge in [0.1, 0.15) is 0 Å². The van der Waals surface area contributed by atoms with Crippen LogP contribution in [-0.4, -0.2) is 16.1 Å². The van der Waals surface area contributed by atoms with Crippen molar-refractivity contribution in [3.63, 3.8) is 0 Å². The Kier molecular flexibility index (Phi) is 3.18. The molecule has 0 spiro atoms. The number of para-hydroxylation sites is 1. The van der Waals surface area contributed by atoms with Gasteiger partial charge in [-0.3, -0.25) is 4.79 Å². The van der Waals surface area contributed by atoms with Crippen LogP contribution in [0.3, 0.4) is 0 Å². The first-order valence-corrected chi connectivity index (χ1v) is 5.94. The van der Waals surface area contributed by atoms with E-state index in [1.165, 1.54) is 5.56 Å². The van der Waals surface area contributed by atoms with Gasteiger partial charge in [0.05, 0.1) is 6.42 Å². The van der Waals surface area contributed by atoms with Crippen LogP contribution in [0.5, 0.6) is 0 Å². The summed E-state index contributed by atoms with van der Waals surface area (Å²) in [6.45, 7) is 4.07. The van der Waals surface area contributed by atoms with Crippen molar-refractivity contribution in [1.29, 1.82) is 0 Å². The Morgan fingerprint density at radius 1 is 1.47 bits per heavy atom. The topological polar surface area (TPSA) is 53.1 Å². The zero-order chi connectivity index (χ0) is 12.4. The third-order valence-electron chi connectivity index (χ3n) is 3.23. The number of aliphatic carboxylic acids is 1. The SMILES string of the molecule is CCc1cccc2c(C(C)CC(=O)O)c[nH]c12. The second-order valence-electron chi connectivity index (χ2n) is 4.44. The van der Waals surface area contributed by atoms with Gasteiger partial charge in [-0.1, -0.05) is 32.0 Å². The quantitative estimate of drug-likeness (QED) is 0.848. The summed E-state index contributed by atoms with van der Waals surface area (Å²) in [5.41, 5.74) is 3.51. The molecule has 1 aromatic heterocycles. The number of aromatic nitrogens is 1. The third kappa shape index (κ3) is 2.18. The molecule has 2 rings (SSSR count). The number of aromatic amines is 1. The van der Waals surface area contributed by atoms with E-state index in [4.69, 9.17) is 5.11 Å². The highest BCUT2D eigenvalue weighted by Gasteiger charge is 2.15. The minimum atomic E-state index is -0.751. The number of hydrogen-bond donors (Lipinski definition) is 2. The first kappa shape index (κ1) is 11.7. The molecular formula is C14H17NO2. The van der Waals surface area contributed by atoms with Gasteiger partial charge in [0.15, 0.2) is 0 Å². The molecule has 1 heterocycles. The molecule has 0 saturated heterocycles. The summed E-state index contributed by atoms with van der Waals surface area (Å²) in [4.78, 5) is 14.0. The van der Waals surface area contributed by atoms with Crippen LogP contribution in [-0.2, 0) is 11.2 Å². The molecule has 1 atom stereocenters. The molecule has 17 heavy (non-hydrogen) atoms. The molecule has 3 heteroatoms. The van der Waals surface area contributed by atoms with Crippen LogP contribution in [0.25, 0.3) is 10.9 Å². The molecule has 90 valence electrons. The van der Waals surface area contributed by atoms with E-state index in [-0.39, 0.29) is 12.3 Å². The smallest absolute Gasteiger partial charge is 0.303 e. The van der Waals surface area contributed by atoms with Crippen molar-refractivity contribution in [2.75, 3.05) is 0 Å². The lowest BCUT2D eigenvalue weighted by molar-refractivity contribution is -0.137. The van der Waals surface area contributed by atoms with Gasteiger partial charge < -0.3 is 10.1 Å². The Morgan fingerprint density at radius 2 is 2.24 bits per heavy atom. The van der Waals surface area contributed by atoms with E-state index < -0.39 is 5.97 Å². The lowest BCUT2D eigenvalue weighted by atomic mass is 9.96. The highest BCUT2D eigenvalue weighted by Crippen LogP contribution is 2.29. The fourth-order valence-corrected chi connectivity index (χ4v) is 2.31. The van der Waals surface area contributed by atoms with Gasteiger partial charge in [0.2, 0.25) is 0 Å². The number of benzene rings is 1. The number of H-pyrrole nitrogens is 1. The lowest BCUT2D eigenvalue weighted by Crippen LogP contribution is -2.02. The summed E-state index contributed by atoms with van der Waals surface area (Å²) in [6, 6.07) is 6.19. The Balaban J connectivity index is 2.46. The summed E-state index contributed by atoms with van der Waals surface area (Å²) >= 11 is 0. The van der Waals surface area contributed by atoms with Crippen molar-refractivity contribution >= 4 is 16.9 Å². The average Bonchev–Trinajstić information content (AvgIpc) is 2.71. The molecule has 0 aliphatic carbocycles. The van der Waals surface area contributed by atoms with Crippen LogP contribution in [0, 0.1) is 0 Å². The molecular weight excluding hydrogens is 214 g/mol. The predicted octanol–water partition coefficient (Wildman–Crippen LogP) is 3.31. The van der Waals surface area contributed by atoms with E-state index in [2.05, 4.69) is 24.0 Å². The number of carboxylic acid groups (broad SMARTS) is 1. The number of hydrogen-bond acceptors (Lipinski definition) is 1. The Labute approximate surface area is 100 Å². The van der Waals surface area contributed by atoms with Crippen molar-refractivity contribution in [2.45, 2.75) is 32.6 Å². The van der Waals surface area contributed by atoms with E-state index in [1.807, 2.05) is 19.2 Å². The molecule has 0 aliphatic heterocycles. The highest BCUT2D eigenvalue weighted by molar-refractivity contribution is 5.87. The largest absolute Gasteiger partial charge is 0.481 e. The number of rotatable bonds is 4. The molecule has 0 bridgehead atoms. The normalized spacial score (nSPS) is 12.8. The maximum absolute atomic E-state index is 10.8. The monoisotopic (exact) mass is 231 g/mol. The van der Waals surface area contributed by atoms with Gasteiger partial charge in [-0.25, -0.2) is 0 Å². The summed E-state index contributed by atoms with van der Waals surface area (Å²) in [5.74, 6) is -0.716. The van der Waals surface area contributed by atoms with Crippen LogP contribution in [0.1, 0.15) is 37.3 Å². The van der Waals surface area contributed by atoms with E-state index in [0.29, 0.717) is 0 Å². The van der Waals surface area contributed by atoms with Gasteiger partial charge in [-0.2, -0.15) is 0 Å². The molecule has 0 aliphatic rings. The molecule has 2 aromatic rings. The number of nitrogens with one attached hydrogen (secondary N) is 1. The average molecular weight is 231 g/mol. The fraction of sp³-hybridized carbons (Fsp3) is 0.357.